The maximum absolute atomic E-state index is 12.0. The van der Waals surface area contributed by atoms with Crippen molar-refractivity contribution in [1.82, 2.24) is 15.0 Å². The van der Waals surface area contributed by atoms with Crippen LogP contribution in [0.5, 0.6) is 0 Å². The van der Waals surface area contributed by atoms with Gasteiger partial charge in [-0.2, -0.15) is 0 Å². The third-order valence-electron chi connectivity index (χ3n) is 4.04. The zero-order chi connectivity index (χ0) is 18.4. The Labute approximate surface area is 152 Å². The van der Waals surface area contributed by atoms with E-state index in [9.17, 15) is 13.2 Å². The van der Waals surface area contributed by atoms with Crippen molar-refractivity contribution < 1.29 is 13.2 Å². The average molecular weight is 371 g/mol. The molecule has 1 heterocycles. The van der Waals surface area contributed by atoms with Crippen LogP contribution in [-0.4, -0.2) is 32.4 Å². The van der Waals surface area contributed by atoms with Crippen LogP contribution in [0.3, 0.4) is 0 Å². The lowest BCUT2D eigenvalue weighted by Gasteiger charge is -2.08. The van der Waals surface area contributed by atoms with Crippen molar-refractivity contribution in [2.45, 2.75) is 12.2 Å². The van der Waals surface area contributed by atoms with Crippen LogP contribution in [-0.2, 0) is 27.0 Å². The zero-order valence-electron chi connectivity index (χ0n) is 14.2. The van der Waals surface area contributed by atoms with E-state index in [1.165, 1.54) is 0 Å². The smallest absolute Gasteiger partial charge is 0.235 e. The van der Waals surface area contributed by atoms with Crippen molar-refractivity contribution in [2.75, 3.05) is 13.1 Å². The molecular formula is C19H21N3O3S. The molecule has 0 aliphatic carbocycles. The molecule has 6 nitrogen and oxygen atoms in total. The second kappa shape index (κ2) is 8.16. The highest BCUT2D eigenvalue weighted by Crippen LogP contribution is 2.17. The lowest BCUT2D eigenvalue weighted by molar-refractivity contribution is -0.119. The fourth-order valence-corrected chi connectivity index (χ4v) is 3.84. The van der Waals surface area contributed by atoms with Gasteiger partial charge < -0.3 is 10.3 Å². The molecule has 3 rings (SSSR count). The van der Waals surface area contributed by atoms with Gasteiger partial charge in [-0.25, -0.2) is 13.1 Å². The summed E-state index contributed by atoms with van der Waals surface area (Å²) >= 11 is 0. The second-order valence-electron chi connectivity index (χ2n) is 6.03. The van der Waals surface area contributed by atoms with Crippen molar-refractivity contribution in [2.24, 2.45) is 0 Å². The number of amides is 1. The molecule has 0 bridgehead atoms. The summed E-state index contributed by atoms with van der Waals surface area (Å²) in [7, 11) is -3.54. The highest BCUT2D eigenvalue weighted by Gasteiger charge is 2.13. The van der Waals surface area contributed by atoms with Crippen molar-refractivity contribution in [1.29, 1.82) is 0 Å². The van der Waals surface area contributed by atoms with Crippen molar-refractivity contribution in [3.8, 4) is 0 Å². The summed E-state index contributed by atoms with van der Waals surface area (Å²) in [6, 6.07) is 16.8. The maximum Gasteiger partial charge on any atom is 0.235 e. The minimum atomic E-state index is -3.54. The summed E-state index contributed by atoms with van der Waals surface area (Å²) in [6.45, 7) is 0.185. The molecule has 0 spiro atoms. The molecule has 0 unspecified atom stereocenters. The summed E-state index contributed by atoms with van der Waals surface area (Å²) in [4.78, 5) is 15.1. The number of aromatic nitrogens is 1. The Morgan fingerprint density at radius 2 is 1.73 bits per heavy atom. The summed E-state index contributed by atoms with van der Waals surface area (Å²) < 4.78 is 26.4. The second-order valence-corrected chi connectivity index (χ2v) is 7.83. The number of carbonyl (C=O) groups is 1. The molecule has 0 atom stereocenters. The predicted octanol–water partition coefficient (Wildman–Crippen LogP) is 1.95. The maximum atomic E-state index is 12.0. The fraction of sp³-hybridized carbons (Fsp3) is 0.211. The average Bonchev–Trinajstić information content (AvgIpc) is 3.04. The molecule has 0 aliphatic rings. The molecule has 136 valence electrons. The Kier molecular flexibility index (Phi) is 5.70. The van der Waals surface area contributed by atoms with Gasteiger partial charge >= 0.3 is 0 Å². The third-order valence-corrected chi connectivity index (χ3v) is 5.34. The summed E-state index contributed by atoms with van der Waals surface area (Å²) in [6.07, 6.45) is 2.60. The van der Waals surface area contributed by atoms with Gasteiger partial charge in [0.15, 0.2) is 0 Å². The van der Waals surface area contributed by atoms with Gasteiger partial charge in [-0.3, -0.25) is 4.79 Å². The first-order chi connectivity index (χ1) is 12.5. The molecule has 3 N–H and O–H groups in total. The molecule has 1 aromatic heterocycles. The van der Waals surface area contributed by atoms with Gasteiger partial charge in [0.25, 0.3) is 0 Å². The van der Waals surface area contributed by atoms with E-state index >= 15 is 0 Å². The normalized spacial score (nSPS) is 11.5. The molecule has 0 saturated carbocycles. The van der Waals surface area contributed by atoms with Gasteiger partial charge in [-0.15, -0.1) is 0 Å². The van der Waals surface area contributed by atoms with Gasteiger partial charge in [-0.05, 0) is 23.6 Å². The van der Waals surface area contributed by atoms with Crippen LogP contribution in [0.2, 0.25) is 0 Å². The first-order valence-corrected chi connectivity index (χ1v) is 10.0. The number of H-pyrrole nitrogens is 1. The van der Waals surface area contributed by atoms with Crippen LogP contribution in [0.1, 0.15) is 11.1 Å². The van der Waals surface area contributed by atoms with E-state index in [1.54, 1.807) is 24.3 Å². The minimum absolute atomic E-state index is 0.142. The Hall–Kier alpha value is -2.64. The van der Waals surface area contributed by atoms with Crippen LogP contribution in [0, 0.1) is 0 Å². The number of para-hydroxylation sites is 1. The molecule has 7 heteroatoms. The number of fused-ring (bicyclic) bond motifs is 1. The molecule has 26 heavy (non-hydrogen) atoms. The molecular weight excluding hydrogens is 350 g/mol. The van der Waals surface area contributed by atoms with Crippen LogP contribution >= 0.6 is 0 Å². The quantitative estimate of drug-likeness (QED) is 0.565. The fourth-order valence-electron chi connectivity index (χ4n) is 2.76. The molecule has 2 aromatic carbocycles. The Bertz CT molecular complexity index is 981. The number of nitrogens with one attached hydrogen (secondary N) is 3. The Balaban J connectivity index is 1.44. The Morgan fingerprint density at radius 3 is 2.54 bits per heavy atom. The highest BCUT2D eigenvalue weighted by molar-refractivity contribution is 7.88. The summed E-state index contributed by atoms with van der Waals surface area (Å²) in [5, 5.41) is 3.87. The van der Waals surface area contributed by atoms with Crippen molar-refractivity contribution >= 4 is 26.8 Å². The van der Waals surface area contributed by atoms with E-state index in [1.807, 2.05) is 36.5 Å². The van der Waals surface area contributed by atoms with Crippen molar-refractivity contribution in [3.05, 3.63) is 71.9 Å². The topological polar surface area (TPSA) is 91.1 Å². The number of hydrogen-bond donors (Lipinski definition) is 3. The summed E-state index contributed by atoms with van der Waals surface area (Å²) in [5.41, 5.74) is 2.85. The monoisotopic (exact) mass is 371 g/mol. The molecule has 1 amide bonds. The number of benzene rings is 2. The van der Waals surface area contributed by atoms with E-state index in [0.29, 0.717) is 18.5 Å². The van der Waals surface area contributed by atoms with E-state index in [2.05, 4.69) is 15.0 Å². The number of sulfonamides is 1. The first kappa shape index (κ1) is 18.2. The van der Waals surface area contributed by atoms with Gasteiger partial charge in [-0.1, -0.05) is 48.5 Å². The van der Waals surface area contributed by atoms with E-state index in [0.717, 1.165) is 16.5 Å². The number of rotatable bonds is 8. The van der Waals surface area contributed by atoms with Crippen LogP contribution in [0.4, 0.5) is 0 Å². The highest BCUT2D eigenvalue weighted by atomic mass is 32.2. The minimum Gasteiger partial charge on any atom is -0.361 e. The zero-order valence-corrected chi connectivity index (χ0v) is 15.1. The van der Waals surface area contributed by atoms with Gasteiger partial charge in [0.2, 0.25) is 15.9 Å². The van der Waals surface area contributed by atoms with E-state index in [-0.39, 0.29) is 18.2 Å². The number of aromatic amines is 1. The Morgan fingerprint density at radius 1 is 1.00 bits per heavy atom. The van der Waals surface area contributed by atoms with Gasteiger partial charge in [0.1, 0.15) is 0 Å². The van der Waals surface area contributed by atoms with E-state index < -0.39 is 10.0 Å². The van der Waals surface area contributed by atoms with Crippen LogP contribution in [0.25, 0.3) is 10.9 Å². The lowest BCUT2D eigenvalue weighted by atomic mass is 10.1. The van der Waals surface area contributed by atoms with Crippen LogP contribution in [0.15, 0.2) is 60.8 Å². The molecule has 0 saturated heterocycles. The molecule has 0 fully saturated rings. The van der Waals surface area contributed by atoms with Gasteiger partial charge in [0.05, 0.1) is 12.3 Å². The molecule has 3 aromatic rings. The van der Waals surface area contributed by atoms with Crippen molar-refractivity contribution in [3.63, 3.8) is 0 Å². The lowest BCUT2D eigenvalue weighted by Crippen LogP contribution is -2.38. The number of hydrogen-bond acceptors (Lipinski definition) is 3. The van der Waals surface area contributed by atoms with Crippen LogP contribution < -0.4 is 10.0 Å². The standard InChI is InChI=1S/C19H21N3O3S/c23-19(13-22-26(24,25)14-15-6-2-1-3-7-15)20-11-10-16-12-21-18-9-5-4-8-17(16)18/h1-9,12,21-22H,10-11,13-14H2,(H,20,23). The predicted molar refractivity (Wildman–Crippen MR) is 102 cm³/mol. The molecule has 0 radical (unpaired) electrons. The largest absolute Gasteiger partial charge is 0.361 e. The van der Waals surface area contributed by atoms with Gasteiger partial charge in [0, 0.05) is 23.6 Å². The molecule has 0 aliphatic heterocycles. The van der Waals surface area contributed by atoms with E-state index in [4.69, 9.17) is 0 Å². The SMILES string of the molecule is O=C(CNS(=O)(=O)Cc1ccccc1)NCCc1c[nH]c2ccccc12. The third kappa shape index (κ3) is 4.93. The number of carbonyl (C=O) groups excluding carboxylic acids is 1. The summed E-state index contributed by atoms with van der Waals surface area (Å²) in [5.74, 6) is -0.488. The first-order valence-electron chi connectivity index (χ1n) is 8.36.